The van der Waals surface area contributed by atoms with E-state index in [9.17, 15) is 18.3 Å². The van der Waals surface area contributed by atoms with Crippen molar-refractivity contribution in [2.75, 3.05) is 6.61 Å². The highest BCUT2D eigenvalue weighted by atomic mass is 19.2. The molecule has 0 spiro atoms. The highest BCUT2D eigenvalue weighted by molar-refractivity contribution is 5.32. The van der Waals surface area contributed by atoms with Gasteiger partial charge in [-0.25, -0.2) is 13.2 Å². The topological polar surface area (TPSA) is 38.7 Å². The van der Waals surface area contributed by atoms with Gasteiger partial charge >= 0.3 is 0 Å². The highest BCUT2D eigenvalue weighted by Gasteiger charge is 2.29. The van der Waals surface area contributed by atoms with E-state index in [1.807, 2.05) is 13.0 Å². The van der Waals surface area contributed by atoms with Gasteiger partial charge in [-0.15, -0.1) is 0 Å². The normalized spacial score (nSPS) is 25.4. The Morgan fingerprint density at radius 3 is 1.94 bits per heavy atom. The van der Waals surface area contributed by atoms with Gasteiger partial charge in [0.1, 0.15) is 5.82 Å². The molecular weight excluding hydrogens is 441 g/mol. The van der Waals surface area contributed by atoms with Crippen LogP contribution in [-0.4, -0.2) is 23.9 Å². The van der Waals surface area contributed by atoms with Gasteiger partial charge in [0.05, 0.1) is 25.4 Å². The summed E-state index contributed by atoms with van der Waals surface area (Å²) in [6.45, 7) is 3.00. The average Bonchev–Trinajstić information content (AvgIpc) is 2.85. The van der Waals surface area contributed by atoms with Gasteiger partial charge in [0.2, 0.25) is 0 Å². The lowest BCUT2D eigenvalue weighted by Gasteiger charge is -2.30. The molecule has 186 valence electrons. The first kappa shape index (κ1) is 25.2. The van der Waals surface area contributed by atoms with Crippen LogP contribution in [0.4, 0.5) is 13.2 Å². The summed E-state index contributed by atoms with van der Waals surface area (Å²) in [5.41, 5.74) is 2.22. The Kier molecular flexibility index (Phi) is 8.67. The zero-order chi connectivity index (χ0) is 24.1. The van der Waals surface area contributed by atoms with E-state index in [-0.39, 0.29) is 36.5 Å². The lowest BCUT2D eigenvalue weighted by Crippen LogP contribution is -2.22. The molecule has 2 fully saturated rings. The van der Waals surface area contributed by atoms with Crippen LogP contribution in [0.15, 0.2) is 30.3 Å². The van der Waals surface area contributed by atoms with E-state index in [0.29, 0.717) is 55.6 Å². The van der Waals surface area contributed by atoms with Gasteiger partial charge in [0.25, 0.3) is 0 Å². The Bertz CT molecular complexity index is 948. The molecule has 0 atom stereocenters. The molecule has 4 rings (SSSR count). The number of aliphatic hydroxyl groups excluding tert-OH is 1. The number of rotatable bonds is 8. The molecule has 0 radical (unpaired) electrons. The van der Waals surface area contributed by atoms with E-state index < -0.39 is 11.6 Å². The van der Waals surface area contributed by atoms with Gasteiger partial charge in [-0.1, -0.05) is 24.3 Å². The molecule has 1 N–H and O–H groups in total. The third kappa shape index (κ3) is 6.02. The Morgan fingerprint density at radius 1 is 0.794 bits per heavy atom. The molecule has 2 aromatic carbocycles. The van der Waals surface area contributed by atoms with Crippen LogP contribution < -0.4 is 0 Å². The van der Waals surface area contributed by atoms with Crippen molar-refractivity contribution in [3.63, 3.8) is 0 Å². The minimum Gasteiger partial charge on any atom is -0.393 e. The van der Waals surface area contributed by atoms with Crippen LogP contribution in [0.5, 0.6) is 0 Å². The maximum atomic E-state index is 15.0. The smallest absolute Gasteiger partial charge is 0.162 e. The lowest BCUT2D eigenvalue weighted by molar-refractivity contribution is 0.0129. The van der Waals surface area contributed by atoms with E-state index in [2.05, 4.69) is 0 Å². The second kappa shape index (κ2) is 11.7. The van der Waals surface area contributed by atoms with Crippen molar-refractivity contribution in [2.24, 2.45) is 0 Å². The minimum atomic E-state index is -0.716. The molecule has 0 heterocycles. The van der Waals surface area contributed by atoms with Crippen molar-refractivity contribution in [1.29, 1.82) is 0 Å². The van der Waals surface area contributed by atoms with Crippen molar-refractivity contribution in [3.05, 3.63) is 70.0 Å². The molecule has 2 aliphatic carbocycles. The van der Waals surface area contributed by atoms with Crippen molar-refractivity contribution in [2.45, 2.75) is 95.5 Å². The molecule has 6 heteroatoms. The Morgan fingerprint density at radius 2 is 1.38 bits per heavy atom. The van der Waals surface area contributed by atoms with Crippen LogP contribution in [0.3, 0.4) is 0 Å². The van der Waals surface area contributed by atoms with E-state index in [0.717, 1.165) is 31.2 Å². The number of hydrogen-bond donors (Lipinski definition) is 1. The Labute approximate surface area is 200 Å². The maximum absolute atomic E-state index is 15.0. The lowest BCUT2D eigenvalue weighted by atomic mass is 9.79. The predicted molar refractivity (Wildman–Crippen MR) is 125 cm³/mol. The summed E-state index contributed by atoms with van der Waals surface area (Å²) in [7, 11) is 0. The molecule has 2 saturated carbocycles. The zero-order valence-electron chi connectivity index (χ0n) is 19.9. The van der Waals surface area contributed by atoms with Crippen LogP contribution in [0, 0.1) is 17.5 Å². The Balaban J connectivity index is 1.30. The summed E-state index contributed by atoms with van der Waals surface area (Å²) in [5.74, 6) is -1.76. The van der Waals surface area contributed by atoms with Gasteiger partial charge < -0.3 is 14.6 Å². The van der Waals surface area contributed by atoms with Crippen LogP contribution in [0.1, 0.15) is 92.4 Å². The summed E-state index contributed by atoms with van der Waals surface area (Å²) in [6, 6.07) is 8.60. The van der Waals surface area contributed by atoms with Crippen molar-refractivity contribution >= 4 is 0 Å². The van der Waals surface area contributed by atoms with Gasteiger partial charge in [0, 0.05) is 12.2 Å². The van der Waals surface area contributed by atoms with E-state index in [1.165, 1.54) is 6.07 Å². The monoisotopic (exact) mass is 476 g/mol. The standard InChI is InChI=1S/C28H35F3O3/c1-2-33-17-21-4-3-18(15-26(21)29)16-34-23-11-7-20(8-12-23)25-14-13-24(27(30)28(25)31)19-5-9-22(32)10-6-19/h3-4,13-15,19-20,22-23,32H,2,5-12,16-17H2,1H3. The molecule has 0 aromatic heterocycles. The molecule has 34 heavy (non-hydrogen) atoms. The van der Waals surface area contributed by atoms with E-state index >= 15 is 0 Å². The molecule has 0 unspecified atom stereocenters. The van der Waals surface area contributed by atoms with Crippen LogP contribution >= 0.6 is 0 Å². The van der Waals surface area contributed by atoms with Crippen molar-refractivity contribution in [3.8, 4) is 0 Å². The number of benzene rings is 2. The molecule has 0 saturated heterocycles. The van der Waals surface area contributed by atoms with Gasteiger partial charge in [-0.05, 0) is 92.9 Å². The molecule has 2 aliphatic rings. The molecule has 2 aromatic rings. The summed E-state index contributed by atoms with van der Waals surface area (Å²) in [4.78, 5) is 0. The van der Waals surface area contributed by atoms with E-state index in [1.54, 1.807) is 18.2 Å². The fourth-order valence-electron chi connectivity index (χ4n) is 5.36. The van der Waals surface area contributed by atoms with E-state index in [4.69, 9.17) is 9.47 Å². The SMILES string of the molecule is CCOCc1ccc(COC2CCC(c3ccc(C4CCC(O)CC4)c(F)c3F)CC2)cc1F. The first-order valence-electron chi connectivity index (χ1n) is 12.6. The van der Waals surface area contributed by atoms with Gasteiger partial charge in [0.15, 0.2) is 11.6 Å². The molecule has 0 amide bonds. The summed E-state index contributed by atoms with van der Waals surface area (Å²) >= 11 is 0. The largest absolute Gasteiger partial charge is 0.393 e. The zero-order valence-corrected chi connectivity index (χ0v) is 19.9. The second-order valence-electron chi connectivity index (χ2n) is 9.72. The van der Waals surface area contributed by atoms with Gasteiger partial charge in [-0.3, -0.25) is 0 Å². The fraction of sp³-hybridized carbons (Fsp3) is 0.571. The maximum Gasteiger partial charge on any atom is 0.162 e. The van der Waals surface area contributed by atoms with Gasteiger partial charge in [-0.2, -0.15) is 0 Å². The molecule has 0 aliphatic heterocycles. The average molecular weight is 477 g/mol. The first-order chi connectivity index (χ1) is 16.5. The fourth-order valence-corrected chi connectivity index (χ4v) is 5.36. The third-order valence-corrected chi connectivity index (χ3v) is 7.46. The van der Waals surface area contributed by atoms with Crippen LogP contribution in [0.25, 0.3) is 0 Å². The quantitative estimate of drug-likeness (QED) is 0.450. The minimum absolute atomic E-state index is 0.0193. The summed E-state index contributed by atoms with van der Waals surface area (Å²) < 4.78 is 55.4. The summed E-state index contributed by atoms with van der Waals surface area (Å²) in [5, 5.41) is 9.69. The molecule has 3 nitrogen and oxygen atoms in total. The number of halogens is 3. The van der Waals surface area contributed by atoms with Crippen LogP contribution in [-0.2, 0) is 22.7 Å². The predicted octanol–water partition coefficient (Wildman–Crippen LogP) is 6.90. The van der Waals surface area contributed by atoms with Crippen LogP contribution in [0.2, 0.25) is 0 Å². The number of ether oxygens (including phenoxy) is 2. The van der Waals surface area contributed by atoms with Crippen molar-refractivity contribution < 1.29 is 27.8 Å². The Hall–Kier alpha value is -1.89. The van der Waals surface area contributed by atoms with Crippen molar-refractivity contribution in [1.82, 2.24) is 0 Å². The number of aliphatic hydroxyl groups is 1. The summed E-state index contributed by atoms with van der Waals surface area (Å²) in [6.07, 6.45) is 5.37. The number of hydrogen-bond acceptors (Lipinski definition) is 3. The first-order valence-corrected chi connectivity index (χ1v) is 12.6. The highest BCUT2D eigenvalue weighted by Crippen LogP contribution is 2.40. The molecule has 0 bridgehead atoms. The second-order valence-corrected chi connectivity index (χ2v) is 9.72. The third-order valence-electron chi connectivity index (χ3n) is 7.46. The molecular formula is C28H35F3O3.